The zero-order valence-electron chi connectivity index (χ0n) is 24.0. The molecule has 0 saturated heterocycles. The van der Waals surface area contributed by atoms with Crippen molar-refractivity contribution in [2.45, 2.75) is 91.1 Å². The van der Waals surface area contributed by atoms with E-state index in [9.17, 15) is 14.7 Å². The molecule has 2 aromatic heterocycles. The Balaban J connectivity index is 1.57. The van der Waals surface area contributed by atoms with Gasteiger partial charge in [-0.05, 0) is 96.3 Å². The van der Waals surface area contributed by atoms with E-state index in [-0.39, 0.29) is 34.2 Å². The van der Waals surface area contributed by atoms with E-state index in [1.807, 2.05) is 49.9 Å². The summed E-state index contributed by atoms with van der Waals surface area (Å²) >= 11 is 7.04. The van der Waals surface area contributed by atoms with Crippen LogP contribution in [0.4, 0.5) is 11.5 Å². The van der Waals surface area contributed by atoms with E-state index < -0.39 is 5.97 Å². The Labute approximate surface area is 246 Å². The molecule has 1 amide bonds. The van der Waals surface area contributed by atoms with E-state index in [0.29, 0.717) is 27.5 Å². The number of carbonyl (C=O) groups excluding carboxylic acids is 1. The van der Waals surface area contributed by atoms with Gasteiger partial charge in [-0.25, -0.2) is 10.2 Å². The lowest BCUT2D eigenvalue weighted by atomic mass is 9.81. The molecule has 2 aliphatic carbocycles. The molecule has 216 valence electrons. The quantitative estimate of drug-likeness (QED) is 0.286. The summed E-state index contributed by atoms with van der Waals surface area (Å²) in [6, 6.07) is 5.47. The second-order valence-corrected chi connectivity index (χ2v) is 13.6. The van der Waals surface area contributed by atoms with E-state index in [4.69, 9.17) is 11.6 Å². The molecule has 10 heteroatoms. The van der Waals surface area contributed by atoms with Gasteiger partial charge in [-0.15, -0.1) is 21.5 Å². The van der Waals surface area contributed by atoms with Gasteiger partial charge in [-0.2, -0.15) is 0 Å². The van der Waals surface area contributed by atoms with Crippen molar-refractivity contribution in [3.63, 3.8) is 0 Å². The first-order chi connectivity index (χ1) is 18.9. The number of rotatable bonds is 7. The smallest absolute Gasteiger partial charge is 0.348 e. The van der Waals surface area contributed by atoms with Crippen LogP contribution in [0.1, 0.15) is 93.6 Å². The molecular formula is C30H40ClN5O3S. The van der Waals surface area contributed by atoms with Crippen LogP contribution in [0.15, 0.2) is 18.2 Å². The van der Waals surface area contributed by atoms with Gasteiger partial charge in [0.1, 0.15) is 4.88 Å². The van der Waals surface area contributed by atoms with Gasteiger partial charge in [0.15, 0.2) is 11.0 Å². The van der Waals surface area contributed by atoms with E-state index in [2.05, 4.69) is 34.4 Å². The Hall–Kier alpha value is -2.67. The highest BCUT2D eigenvalue weighted by Gasteiger charge is 2.37. The maximum Gasteiger partial charge on any atom is 0.348 e. The van der Waals surface area contributed by atoms with Gasteiger partial charge in [0.05, 0.1) is 10.6 Å². The van der Waals surface area contributed by atoms with Crippen molar-refractivity contribution < 1.29 is 14.7 Å². The molecule has 40 heavy (non-hydrogen) atoms. The number of nitrogens with zero attached hydrogens (tertiary/aromatic N) is 4. The van der Waals surface area contributed by atoms with Gasteiger partial charge in [0.2, 0.25) is 5.91 Å². The van der Waals surface area contributed by atoms with Gasteiger partial charge in [0, 0.05) is 30.5 Å². The number of halogens is 1. The lowest BCUT2D eigenvalue weighted by Crippen LogP contribution is -2.50. The van der Waals surface area contributed by atoms with Crippen molar-refractivity contribution in [2.24, 2.45) is 17.3 Å². The average Bonchev–Trinajstić information content (AvgIpc) is 3.33. The number of thiophene rings is 1. The zero-order valence-corrected chi connectivity index (χ0v) is 25.6. The van der Waals surface area contributed by atoms with Crippen molar-refractivity contribution in [2.75, 3.05) is 17.0 Å². The minimum Gasteiger partial charge on any atom is -0.477 e. The number of amides is 1. The molecule has 0 bridgehead atoms. The summed E-state index contributed by atoms with van der Waals surface area (Å²) in [6.45, 7) is 8.31. The summed E-state index contributed by atoms with van der Waals surface area (Å²) in [4.78, 5) is 29.2. The number of aromatic carboxylic acids is 1. The van der Waals surface area contributed by atoms with Crippen molar-refractivity contribution in [3.05, 3.63) is 33.1 Å². The Kier molecular flexibility index (Phi) is 9.76. The van der Waals surface area contributed by atoms with Crippen molar-refractivity contribution in [1.29, 1.82) is 0 Å². The highest BCUT2D eigenvalue weighted by molar-refractivity contribution is 7.15. The third kappa shape index (κ3) is 7.74. The fourth-order valence-electron chi connectivity index (χ4n) is 5.51. The SMILES string of the molecule is CC1CCC(C(=O)N(c2cc(C#CC(C)(C)C)sc2C(=O)O)[C@H]2CC[C@@H](NN(C)c3ccc(Cl)nn3)CC2)CC1. The second-order valence-electron chi connectivity index (χ2n) is 12.2. The summed E-state index contributed by atoms with van der Waals surface area (Å²) in [6.07, 6.45) is 6.97. The van der Waals surface area contributed by atoms with Crippen LogP contribution in [0, 0.1) is 29.1 Å². The monoisotopic (exact) mass is 585 g/mol. The summed E-state index contributed by atoms with van der Waals surface area (Å²) < 4.78 is 0. The molecule has 2 fully saturated rings. The number of carbonyl (C=O) groups is 2. The molecule has 0 atom stereocenters. The molecule has 2 N–H and O–H groups in total. The fraction of sp³-hybridized carbons (Fsp3) is 0.600. The normalized spacial score (nSPS) is 23.1. The van der Waals surface area contributed by atoms with E-state index in [1.54, 1.807) is 6.07 Å². The number of hydrogen-bond acceptors (Lipinski definition) is 7. The highest BCUT2D eigenvalue weighted by Crippen LogP contribution is 2.39. The molecule has 0 aliphatic heterocycles. The summed E-state index contributed by atoms with van der Waals surface area (Å²) in [5.74, 6) is 6.63. The van der Waals surface area contributed by atoms with E-state index in [0.717, 1.165) is 62.7 Å². The maximum atomic E-state index is 14.1. The minimum absolute atomic E-state index is 0.0625. The number of carboxylic acid groups (broad SMARTS) is 1. The molecule has 8 nitrogen and oxygen atoms in total. The first-order valence-corrected chi connectivity index (χ1v) is 15.3. The molecule has 0 unspecified atom stereocenters. The number of anilines is 2. The first-order valence-electron chi connectivity index (χ1n) is 14.1. The summed E-state index contributed by atoms with van der Waals surface area (Å²) in [5.41, 5.74) is 3.78. The minimum atomic E-state index is -1.01. The topological polar surface area (TPSA) is 98.7 Å². The lowest BCUT2D eigenvalue weighted by Gasteiger charge is -2.40. The maximum absolute atomic E-state index is 14.1. The first kappa shape index (κ1) is 30.3. The predicted molar refractivity (Wildman–Crippen MR) is 161 cm³/mol. The fourth-order valence-corrected chi connectivity index (χ4v) is 6.46. The van der Waals surface area contributed by atoms with Crippen LogP contribution in [0.25, 0.3) is 0 Å². The van der Waals surface area contributed by atoms with Crippen LogP contribution in [-0.2, 0) is 4.79 Å². The van der Waals surface area contributed by atoms with Gasteiger partial charge in [-0.3, -0.25) is 9.80 Å². The van der Waals surface area contributed by atoms with Crippen LogP contribution < -0.4 is 15.3 Å². The van der Waals surface area contributed by atoms with Crippen LogP contribution in [0.2, 0.25) is 5.15 Å². The summed E-state index contributed by atoms with van der Waals surface area (Å²) in [7, 11) is 1.90. The van der Waals surface area contributed by atoms with Crippen LogP contribution >= 0.6 is 22.9 Å². The third-order valence-corrected chi connectivity index (χ3v) is 8.96. The molecular weight excluding hydrogens is 546 g/mol. The summed E-state index contributed by atoms with van der Waals surface area (Å²) in [5, 5.41) is 20.4. The number of hydrazine groups is 1. The molecule has 0 radical (unpaired) electrons. The Morgan fingerprint density at radius 2 is 1.75 bits per heavy atom. The number of nitrogens with one attached hydrogen (secondary N) is 1. The van der Waals surface area contributed by atoms with Gasteiger partial charge in [0.25, 0.3) is 0 Å². The lowest BCUT2D eigenvalue weighted by molar-refractivity contribution is -0.124. The zero-order chi connectivity index (χ0) is 29.0. The third-order valence-electron chi connectivity index (χ3n) is 7.73. The van der Waals surface area contributed by atoms with Gasteiger partial charge >= 0.3 is 5.97 Å². The predicted octanol–water partition coefficient (Wildman–Crippen LogP) is 6.40. The van der Waals surface area contributed by atoms with E-state index in [1.165, 1.54) is 0 Å². The second kappa shape index (κ2) is 12.9. The van der Waals surface area contributed by atoms with Crippen molar-refractivity contribution in [1.82, 2.24) is 15.6 Å². The highest BCUT2D eigenvalue weighted by atomic mass is 35.5. The Morgan fingerprint density at radius 3 is 2.33 bits per heavy atom. The molecule has 4 rings (SSSR count). The van der Waals surface area contributed by atoms with Crippen LogP contribution in [0.3, 0.4) is 0 Å². The molecule has 0 spiro atoms. The number of hydrogen-bond donors (Lipinski definition) is 2. The molecule has 2 aliphatic rings. The largest absolute Gasteiger partial charge is 0.477 e. The Morgan fingerprint density at radius 1 is 1.07 bits per heavy atom. The van der Waals surface area contributed by atoms with Crippen LogP contribution in [0.5, 0.6) is 0 Å². The Bertz CT molecular complexity index is 1250. The van der Waals surface area contributed by atoms with Crippen molar-refractivity contribution in [3.8, 4) is 11.8 Å². The molecule has 2 saturated carbocycles. The molecule has 0 aromatic carbocycles. The van der Waals surface area contributed by atoms with E-state index >= 15 is 0 Å². The van der Waals surface area contributed by atoms with Gasteiger partial charge < -0.3 is 10.0 Å². The number of aromatic nitrogens is 2. The van der Waals surface area contributed by atoms with Gasteiger partial charge in [-0.1, -0.05) is 30.4 Å². The molecule has 2 aromatic rings. The standard InChI is InChI=1S/C30H40ClN5O3S/c1-19-6-8-20(9-7-19)28(37)36(24-18-23(16-17-30(2,3)4)40-27(24)29(38)39)22-12-10-21(11-13-22)34-35(5)26-15-14-25(31)32-33-26/h14-15,18-22,34H,6-13H2,1-5H3,(H,38,39)/t19?,20?,21-,22+. The average molecular weight is 586 g/mol. The number of carboxylic acids is 1. The molecule has 2 heterocycles. The van der Waals surface area contributed by atoms with Crippen molar-refractivity contribution >= 4 is 46.3 Å². The van der Waals surface area contributed by atoms with Crippen LogP contribution in [-0.4, -0.2) is 46.3 Å².